The fourth-order valence-corrected chi connectivity index (χ4v) is 5.33. The molecule has 0 radical (unpaired) electrons. The molecule has 4 rings (SSSR count). The highest BCUT2D eigenvalue weighted by Crippen LogP contribution is 2.41. The molecule has 148 valence electrons. The number of halogens is 1. The first-order chi connectivity index (χ1) is 14.1. The smallest absolute Gasteiger partial charge is 0.226 e. The summed E-state index contributed by atoms with van der Waals surface area (Å²) >= 11 is 10.9. The lowest BCUT2D eigenvalue weighted by molar-refractivity contribution is -0.116. The van der Waals surface area contributed by atoms with E-state index in [0.717, 1.165) is 15.9 Å². The van der Waals surface area contributed by atoms with Gasteiger partial charge in [-0.05, 0) is 58.5 Å². The molecule has 5 nitrogen and oxygen atoms in total. The second kappa shape index (κ2) is 9.02. The van der Waals surface area contributed by atoms with Gasteiger partial charge in [-0.1, -0.05) is 24.3 Å². The Bertz CT molecular complexity index is 996. The third-order valence-electron chi connectivity index (χ3n) is 4.71. The van der Waals surface area contributed by atoms with E-state index in [1.54, 1.807) is 17.5 Å². The van der Waals surface area contributed by atoms with E-state index in [9.17, 15) is 4.79 Å². The van der Waals surface area contributed by atoms with E-state index in [4.69, 9.17) is 12.2 Å². The first-order valence-corrected chi connectivity index (χ1v) is 11.3. The molecule has 1 amide bonds. The molecule has 1 fully saturated rings. The minimum absolute atomic E-state index is 0.0155. The van der Waals surface area contributed by atoms with E-state index in [-0.39, 0.29) is 18.0 Å². The summed E-state index contributed by atoms with van der Waals surface area (Å²) in [5, 5.41) is 9.05. The molecular formula is C21H19BrN4OS2. The van der Waals surface area contributed by atoms with Crippen molar-refractivity contribution in [1.82, 2.24) is 15.2 Å². The zero-order valence-electron chi connectivity index (χ0n) is 15.4. The Balaban J connectivity index is 1.52. The Labute approximate surface area is 187 Å². The predicted molar refractivity (Wildman–Crippen MR) is 124 cm³/mol. The average Bonchev–Trinajstić information content (AvgIpc) is 3.30. The maximum absolute atomic E-state index is 12.5. The molecule has 3 aromatic rings. The second-order valence-corrected chi connectivity index (χ2v) is 8.90. The Hall–Kier alpha value is -2.29. The van der Waals surface area contributed by atoms with Crippen LogP contribution in [0.5, 0.6) is 0 Å². The Morgan fingerprint density at radius 3 is 2.72 bits per heavy atom. The summed E-state index contributed by atoms with van der Waals surface area (Å²) in [5.74, 6) is -0.0357. The predicted octanol–water partition coefficient (Wildman–Crippen LogP) is 4.91. The van der Waals surface area contributed by atoms with Crippen molar-refractivity contribution >= 4 is 56.2 Å². The van der Waals surface area contributed by atoms with Gasteiger partial charge in [0.2, 0.25) is 5.91 Å². The number of pyridine rings is 1. The molecule has 2 atom stereocenters. The lowest BCUT2D eigenvalue weighted by Gasteiger charge is -2.26. The van der Waals surface area contributed by atoms with Gasteiger partial charge in [0.05, 0.1) is 17.8 Å². The maximum atomic E-state index is 12.5. The second-order valence-electron chi connectivity index (χ2n) is 6.65. The van der Waals surface area contributed by atoms with Crippen LogP contribution in [0.1, 0.15) is 29.1 Å². The summed E-state index contributed by atoms with van der Waals surface area (Å²) in [6.07, 6.45) is 2.13. The lowest BCUT2D eigenvalue weighted by Crippen LogP contribution is -2.32. The van der Waals surface area contributed by atoms with Gasteiger partial charge in [-0.3, -0.25) is 9.78 Å². The topological polar surface area (TPSA) is 57.3 Å². The van der Waals surface area contributed by atoms with Gasteiger partial charge in [0.25, 0.3) is 0 Å². The van der Waals surface area contributed by atoms with E-state index in [1.807, 2.05) is 48.5 Å². The summed E-state index contributed by atoms with van der Waals surface area (Å²) in [6, 6.07) is 17.4. The number of thiophene rings is 1. The van der Waals surface area contributed by atoms with Crippen molar-refractivity contribution in [3.63, 3.8) is 0 Å². The summed E-state index contributed by atoms with van der Waals surface area (Å²) in [7, 11) is 0. The molecule has 0 bridgehead atoms. The number of benzene rings is 1. The number of para-hydroxylation sites is 1. The quantitative estimate of drug-likeness (QED) is 0.484. The number of thiocarbonyl (C=S) groups is 1. The summed E-state index contributed by atoms with van der Waals surface area (Å²) < 4.78 is 1.04. The zero-order chi connectivity index (χ0) is 20.2. The zero-order valence-corrected chi connectivity index (χ0v) is 18.6. The van der Waals surface area contributed by atoms with Crippen molar-refractivity contribution in [3.05, 3.63) is 81.2 Å². The molecule has 0 aliphatic carbocycles. The van der Waals surface area contributed by atoms with Gasteiger partial charge in [-0.2, -0.15) is 0 Å². The first-order valence-electron chi connectivity index (χ1n) is 9.19. The van der Waals surface area contributed by atoms with Crippen LogP contribution in [0.3, 0.4) is 0 Å². The van der Waals surface area contributed by atoms with Crippen LogP contribution in [0, 0.1) is 0 Å². The third kappa shape index (κ3) is 4.66. The number of rotatable bonds is 6. The molecule has 1 saturated heterocycles. The van der Waals surface area contributed by atoms with E-state index in [1.165, 1.54) is 4.88 Å². The van der Waals surface area contributed by atoms with Crippen molar-refractivity contribution < 1.29 is 4.79 Å². The highest BCUT2D eigenvalue weighted by Gasteiger charge is 2.40. The minimum atomic E-state index is -0.0635. The largest absolute Gasteiger partial charge is 0.352 e. The van der Waals surface area contributed by atoms with Crippen molar-refractivity contribution in [1.29, 1.82) is 0 Å². The molecule has 0 spiro atoms. The van der Waals surface area contributed by atoms with E-state index in [0.29, 0.717) is 18.1 Å². The maximum Gasteiger partial charge on any atom is 0.226 e. The van der Waals surface area contributed by atoms with Crippen molar-refractivity contribution in [2.75, 3.05) is 11.9 Å². The van der Waals surface area contributed by atoms with Crippen LogP contribution in [-0.4, -0.2) is 27.4 Å². The highest BCUT2D eigenvalue weighted by atomic mass is 79.9. The highest BCUT2D eigenvalue weighted by molar-refractivity contribution is 9.10. The van der Waals surface area contributed by atoms with Gasteiger partial charge in [0.15, 0.2) is 5.11 Å². The lowest BCUT2D eigenvalue weighted by atomic mass is 10.0. The monoisotopic (exact) mass is 486 g/mol. The van der Waals surface area contributed by atoms with Crippen LogP contribution in [0.4, 0.5) is 5.69 Å². The number of nitrogens with one attached hydrogen (secondary N) is 2. The van der Waals surface area contributed by atoms with Crippen molar-refractivity contribution in [2.24, 2.45) is 0 Å². The molecule has 0 saturated carbocycles. The van der Waals surface area contributed by atoms with Gasteiger partial charge in [-0.15, -0.1) is 11.3 Å². The number of carbonyl (C=O) groups is 1. The molecule has 2 aromatic heterocycles. The van der Waals surface area contributed by atoms with Crippen LogP contribution in [-0.2, 0) is 4.79 Å². The molecule has 8 heteroatoms. The number of amides is 1. The van der Waals surface area contributed by atoms with Crippen LogP contribution in [0.25, 0.3) is 0 Å². The van der Waals surface area contributed by atoms with Gasteiger partial charge in [0, 0.05) is 39.6 Å². The Morgan fingerprint density at radius 2 is 2.03 bits per heavy atom. The summed E-state index contributed by atoms with van der Waals surface area (Å²) in [5.41, 5.74) is 1.73. The SMILES string of the molecule is O=C(CCN1C(=S)NC(c2ccccn2)C1c1cc(Br)cs1)Nc1ccccc1. The number of hydrogen-bond donors (Lipinski definition) is 2. The van der Waals surface area contributed by atoms with Crippen LogP contribution in [0.15, 0.2) is 70.6 Å². The standard InChI is InChI=1S/C21H19BrN4OS2/c22-14-12-17(29-13-14)20-19(16-8-4-5-10-23-16)25-21(28)26(20)11-9-18(27)24-15-6-2-1-3-7-15/h1-8,10,12-13,19-20H,9,11H2,(H,24,27)(H,25,28). The van der Waals surface area contributed by atoms with Crippen molar-refractivity contribution in [3.8, 4) is 0 Å². The summed E-state index contributed by atoms with van der Waals surface area (Å²) in [4.78, 5) is 20.2. The number of hydrogen-bond acceptors (Lipinski definition) is 4. The molecule has 2 N–H and O–H groups in total. The average molecular weight is 487 g/mol. The molecule has 1 aliphatic rings. The van der Waals surface area contributed by atoms with E-state index < -0.39 is 0 Å². The fourth-order valence-electron chi connectivity index (χ4n) is 3.41. The van der Waals surface area contributed by atoms with Crippen LogP contribution < -0.4 is 10.6 Å². The van der Waals surface area contributed by atoms with Crippen LogP contribution in [0.2, 0.25) is 0 Å². The van der Waals surface area contributed by atoms with E-state index >= 15 is 0 Å². The van der Waals surface area contributed by atoms with Gasteiger partial charge < -0.3 is 15.5 Å². The molecule has 1 aliphatic heterocycles. The number of aromatic nitrogens is 1. The van der Waals surface area contributed by atoms with Gasteiger partial charge in [-0.25, -0.2) is 0 Å². The minimum Gasteiger partial charge on any atom is -0.352 e. The molecule has 1 aromatic carbocycles. The first kappa shape index (κ1) is 20.0. The molecule has 29 heavy (non-hydrogen) atoms. The molecule has 2 unspecified atom stereocenters. The normalized spacial score (nSPS) is 18.5. The number of carbonyl (C=O) groups excluding carboxylic acids is 1. The van der Waals surface area contributed by atoms with Crippen LogP contribution >= 0.6 is 39.5 Å². The fraction of sp³-hybridized carbons (Fsp3) is 0.190. The van der Waals surface area contributed by atoms with Crippen molar-refractivity contribution in [2.45, 2.75) is 18.5 Å². The summed E-state index contributed by atoms with van der Waals surface area (Å²) in [6.45, 7) is 0.522. The Kier molecular flexibility index (Phi) is 6.22. The molecular weight excluding hydrogens is 468 g/mol. The number of anilines is 1. The number of nitrogens with zero attached hydrogens (tertiary/aromatic N) is 2. The third-order valence-corrected chi connectivity index (χ3v) is 6.83. The Morgan fingerprint density at radius 1 is 1.24 bits per heavy atom. The van der Waals surface area contributed by atoms with Gasteiger partial charge >= 0.3 is 0 Å². The molecule has 3 heterocycles. The van der Waals surface area contributed by atoms with Gasteiger partial charge in [0.1, 0.15) is 0 Å². The van der Waals surface area contributed by atoms with E-state index in [2.05, 4.69) is 47.9 Å².